The Hall–Kier alpha value is -3.39. The first kappa shape index (κ1) is 23.4. The maximum atomic E-state index is 13.3. The van der Waals surface area contributed by atoms with Gasteiger partial charge in [-0.25, -0.2) is 4.98 Å². The number of carbonyl (C=O) groups excluding carboxylic acids is 2. The molecule has 0 aliphatic carbocycles. The van der Waals surface area contributed by atoms with Gasteiger partial charge in [-0.3, -0.25) is 14.5 Å². The highest BCUT2D eigenvalue weighted by molar-refractivity contribution is 7.22. The molecule has 0 saturated carbocycles. The van der Waals surface area contributed by atoms with E-state index in [1.54, 1.807) is 66.7 Å². The van der Waals surface area contributed by atoms with Crippen molar-refractivity contribution >= 4 is 67.3 Å². The van der Waals surface area contributed by atoms with Gasteiger partial charge in [0, 0.05) is 15.6 Å². The van der Waals surface area contributed by atoms with Crippen LogP contribution in [0.1, 0.15) is 24.1 Å². The van der Waals surface area contributed by atoms with Gasteiger partial charge < -0.3 is 9.84 Å². The van der Waals surface area contributed by atoms with Crippen LogP contribution >= 0.6 is 34.5 Å². The molecule has 0 radical (unpaired) electrons. The maximum Gasteiger partial charge on any atom is 0.301 e. The third-order valence-electron chi connectivity index (χ3n) is 5.61. The number of aromatic nitrogens is 1. The highest BCUT2D eigenvalue weighted by atomic mass is 35.5. The molecule has 1 aliphatic rings. The van der Waals surface area contributed by atoms with Crippen molar-refractivity contribution in [3.05, 3.63) is 93.5 Å². The van der Waals surface area contributed by atoms with Crippen LogP contribution in [0.5, 0.6) is 5.75 Å². The van der Waals surface area contributed by atoms with Crippen LogP contribution in [-0.4, -0.2) is 28.4 Å². The lowest BCUT2D eigenvalue weighted by atomic mass is 9.95. The number of carbonyl (C=O) groups is 2. The van der Waals surface area contributed by atoms with Crippen LogP contribution in [0, 0.1) is 0 Å². The number of thiazole rings is 1. The van der Waals surface area contributed by atoms with Gasteiger partial charge in [-0.15, -0.1) is 0 Å². The van der Waals surface area contributed by atoms with Crippen molar-refractivity contribution in [2.24, 2.45) is 0 Å². The first-order chi connectivity index (χ1) is 16.9. The number of aliphatic hydroxyl groups excluding tert-OH is 1. The monoisotopic (exact) mass is 524 g/mol. The Morgan fingerprint density at radius 2 is 1.71 bits per heavy atom. The number of halogens is 2. The molecule has 35 heavy (non-hydrogen) atoms. The Kier molecular flexibility index (Phi) is 6.23. The minimum Gasteiger partial charge on any atom is -0.507 e. The van der Waals surface area contributed by atoms with E-state index in [0.29, 0.717) is 44.2 Å². The number of aliphatic hydroxyl groups is 1. The summed E-state index contributed by atoms with van der Waals surface area (Å²) in [4.78, 5) is 32.5. The van der Waals surface area contributed by atoms with Crippen LogP contribution in [0.4, 0.5) is 5.13 Å². The van der Waals surface area contributed by atoms with Crippen molar-refractivity contribution in [1.82, 2.24) is 4.98 Å². The SMILES string of the molecule is CCOc1ccc(C(O)=C2C(=O)C(=O)N(c3nc4ccc(Cl)cc4s3)C2c2ccc(Cl)cc2)cc1. The summed E-state index contributed by atoms with van der Waals surface area (Å²) in [5.41, 5.74) is 1.62. The summed E-state index contributed by atoms with van der Waals surface area (Å²) in [5.74, 6) is -1.22. The Morgan fingerprint density at radius 1 is 1.03 bits per heavy atom. The topological polar surface area (TPSA) is 79.7 Å². The Morgan fingerprint density at radius 3 is 2.40 bits per heavy atom. The largest absolute Gasteiger partial charge is 0.507 e. The molecule has 1 fully saturated rings. The molecule has 2 heterocycles. The van der Waals surface area contributed by atoms with Crippen molar-refractivity contribution in [2.45, 2.75) is 13.0 Å². The standard InChI is InChI=1S/C26H18Cl2N2O4S/c1-2-34-18-10-5-15(6-11-18)23(31)21-22(14-3-7-16(27)8-4-14)30(25(33)24(21)32)26-29-19-12-9-17(28)13-20(19)35-26/h3-13,22,31H,2H2,1H3. The van der Waals surface area contributed by atoms with Crippen molar-refractivity contribution in [2.75, 3.05) is 11.5 Å². The zero-order chi connectivity index (χ0) is 24.7. The number of fused-ring (bicyclic) bond motifs is 1. The van der Waals surface area contributed by atoms with Gasteiger partial charge in [0.15, 0.2) is 5.13 Å². The molecule has 0 bridgehead atoms. The molecular formula is C26H18Cl2N2O4S. The van der Waals surface area contributed by atoms with Gasteiger partial charge in [0.2, 0.25) is 0 Å². The van der Waals surface area contributed by atoms with Crippen molar-refractivity contribution < 1.29 is 19.4 Å². The Bertz CT molecular complexity index is 1480. The van der Waals surface area contributed by atoms with Gasteiger partial charge in [-0.2, -0.15) is 0 Å². The van der Waals surface area contributed by atoms with Gasteiger partial charge in [-0.1, -0.05) is 46.7 Å². The second-order valence-electron chi connectivity index (χ2n) is 7.79. The fourth-order valence-electron chi connectivity index (χ4n) is 4.01. The lowest BCUT2D eigenvalue weighted by Crippen LogP contribution is -2.29. The minimum atomic E-state index is -0.894. The van der Waals surface area contributed by atoms with Crippen LogP contribution in [0.2, 0.25) is 10.0 Å². The van der Waals surface area contributed by atoms with E-state index in [2.05, 4.69) is 4.98 Å². The van der Waals surface area contributed by atoms with E-state index in [1.807, 2.05) is 6.92 Å². The molecule has 1 amide bonds. The quantitative estimate of drug-likeness (QED) is 0.180. The summed E-state index contributed by atoms with van der Waals surface area (Å²) >= 11 is 13.5. The molecule has 1 aliphatic heterocycles. The second kappa shape index (κ2) is 9.34. The number of rotatable bonds is 5. The average molecular weight is 525 g/mol. The summed E-state index contributed by atoms with van der Waals surface area (Å²) in [6.07, 6.45) is 0. The number of anilines is 1. The maximum absolute atomic E-state index is 13.3. The number of hydrogen-bond donors (Lipinski definition) is 1. The first-order valence-corrected chi connectivity index (χ1v) is 12.3. The van der Waals surface area contributed by atoms with Gasteiger partial charge in [0.05, 0.1) is 28.4 Å². The minimum absolute atomic E-state index is 0.0289. The lowest BCUT2D eigenvalue weighted by molar-refractivity contribution is -0.132. The second-order valence-corrected chi connectivity index (χ2v) is 9.67. The summed E-state index contributed by atoms with van der Waals surface area (Å²) in [6, 6.07) is 17.8. The normalized spacial score (nSPS) is 17.3. The molecular weight excluding hydrogens is 507 g/mol. The molecule has 9 heteroatoms. The molecule has 5 rings (SSSR count). The van der Waals surface area contributed by atoms with Gasteiger partial charge in [-0.05, 0) is 67.1 Å². The summed E-state index contributed by atoms with van der Waals surface area (Å²) in [5, 5.41) is 12.6. The molecule has 1 unspecified atom stereocenters. The number of nitrogens with zero attached hydrogens (tertiary/aromatic N) is 2. The van der Waals surface area contributed by atoms with Gasteiger partial charge in [0.1, 0.15) is 11.5 Å². The molecule has 1 atom stereocenters. The number of ketones is 1. The van der Waals surface area contributed by atoms with Crippen LogP contribution < -0.4 is 9.64 Å². The van der Waals surface area contributed by atoms with E-state index in [-0.39, 0.29) is 11.3 Å². The lowest BCUT2D eigenvalue weighted by Gasteiger charge is -2.23. The number of benzene rings is 3. The Labute approximate surface area is 215 Å². The average Bonchev–Trinajstić information content (AvgIpc) is 3.37. The summed E-state index contributed by atoms with van der Waals surface area (Å²) in [7, 11) is 0. The Balaban J connectivity index is 1.68. The zero-order valence-electron chi connectivity index (χ0n) is 18.4. The van der Waals surface area contributed by atoms with E-state index in [1.165, 1.54) is 16.2 Å². The van der Waals surface area contributed by atoms with Crippen LogP contribution in [-0.2, 0) is 9.59 Å². The molecule has 3 aromatic carbocycles. The zero-order valence-corrected chi connectivity index (χ0v) is 20.7. The van der Waals surface area contributed by atoms with Crippen molar-refractivity contribution in [3.8, 4) is 5.75 Å². The third-order valence-corrected chi connectivity index (χ3v) is 7.12. The van der Waals surface area contributed by atoms with Crippen LogP contribution in [0.3, 0.4) is 0 Å². The van der Waals surface area contributed by atoms with E-state index < -0.39 is 17.7 Å². The molecule has 1 saturated heterocycles. The smallest absolute Gasteiger partial charge is 0.301 e. The predicted octanol–water partition coefficient (Wildman–Crippen LogP) is 6.63. The highest BCUT2D eigenvalue weighted by Gasteiger charge is 2.48. The van der Waals surface area contributed by atoms with E-state index >= 15 is 0 Å². The predicted molar refractivity (Wildman–Crippen MR) is 138 cm³/mol. The number of Topliss-reactive ketones (excluding diaryl/α,β-unsaturated/α-hetero) is 1. The summed E-state index contributed by atoms with van der Waals surface area (Å²) in [6.45, 7) is 2.37. The molecule has 176 valence electrons. The molecule has 4 aromatic rings. The fourth-order valence-corrected chi connectivity index (χ4v) is 5.41. The van der Waals surface area contributed by atoms with Gasteiger partial charge >= 0.3 is 5.91 Å². The van der Waals surface area contributed by atoms with Crippen LogP contribution in [0.15, 0.2) is 72.3 Å². The molecule has 6 nitrogen and oxygen atoms in total. The summed E-state index contributed by atoms with van der Waals surface area (Å²) < 4.78 is 6.24. The van der Waals surface area contributed by atoms with E-state index in [9.17, 15) is 14.7 Å². The van der Waals surface area contributed by atoms with Crippen LogP contribution in [0.25, 0.3) is 16.0 Å². The number of amides is 1. The van der Waals surface area contributed by atoms with E-state index in [0.717, 1.165) is 4.70 Å². The molecule has 0 spiro atoms. The molecule has 1 aromatic heterocycles. The van der Waals surface area contributed by atoms with E-state index in [4.69, 9.17) is 27.9 Å². The van der Waals surface area contributed by atoms with Crippen molar-refractivity contribution in [3.63, 3.8) is 0 Å². The highest BCUT2D eigenvalue weighted by Crippen LogP contribution is 2.44. The fraction of sp³-hybridized carbons (Fsp3) is 0.115. The number of ether oxygens (including phenoxy) is 1. The number of hydrogen-bond acceptors (Lipinski definition) is 6. The van der Waals surface area contributed by atoms with Crippen molar-refractivity contribution in [1.29, 1.82) is 0 Å². The first-order valence-electron chi connectivity index (χ1n) is 10.7. The third kappa shape index (κ3) is 4.27. The van der Waals surface area contributed by atoms with Gasteiger partial charge in [0.25, 0.3) is 5.78 Å². The molecule has 1 N–H and O–H groups in total.